The number of methoxy groups -OCH3 is 1. The maximum absolute atomic E-state index is 14.1. The fraction of sp³-hybridized carbons (Fsp3) is 0.514. The minimum Gasteiger partial charge on any atom is -0.497 e. The van der Waals surface area contributed by atoms with E-state index >= 15 is 0 Å². The van der Waals surface area contributed by atoms with Crippen LogP contribution in [0.5, 0.6) is 11.5 Å². The third-order valence-corrected chi connectivity index (χ3v) is 12.5. The Morgan fingerprint density at radius 1 is 1.16 bits per heavy atom. The van der Waals surface area contributed by atoms with Crippen LogP contribution in [-0.2, 0) is 19.6 Å². The van der Waals surface area contributed by atoms with Gasteiger partial charge in [0.2, 0.25) is 15.9 Å². The number of hydrogen-bond donors (Lipinski definition) is 3. The maximum Gasteiger partial charge on any atom is 0.318 e. The molecule has 4 heterocycles. The molecule has 1 aromatic carbocycles. The number of thiazole rings is 1. The smallest absolute Gasteiger partial charge is 0.318 e. The van der Waals surface area contributed by atoms with E-state index in [-0.39, 0.29) is 31.2 Å². The number of rotatable bonds is 8. The number of nitrogens with one attached hydrogen (secondary N) is 3. The van der Waals surface area contributed by atoms with Crippen molar-refractivity contribution < 1.29 is 32.3 Å². The first-order valence-corrected chi connectivity index (χ1v) is 19.6. The van der Waals surface area contributed by atoms with Gasteiger partial charge in [0.05, 0.1) is 30.1 Å². The minimum atomic E-state index is -3.83. The molecule has 50 heavy (non-hydrogen) atoms. The van der Waals surface area contributed by atoms with Crippen LogP contribution < -0.4 is 24.8 Å². The number of hydrogen-bond acceptors (Lipinski definition) is 10. The van der Waals surface area contributed by atoms with Gasteiger partial charge in [0.15, 0.2) is 0 Å². The molecule has 0 spiro atoms. The minimum absolute atomic E-state index is 0.118. The van der Waals surface area contributed by atoms with E-state index in [0.717, 1.165) is 35.4 Å². The number of carbonyl (C=O) groups excluding carboxylic acids is 3. The summed E-state index contributed by atoms with van der Waals surface area (Å²) in [5.41, 5.74) is 0.824. The van der Waals surface area contributed by atoms with Crippen molar-refractivity contribution in [1.29, 1.82) is 0 Å². The molecule has 3 aromatic rings. The lowest BCUT2D eigenvalue weighted by Crippen LogP contribution is -2.57. The van der Waals surface area contributed by atoms with Crippen LogP contribution in [0.25, 0.3) is 21.6 Å². The molecular formula is C35H42N6O7S2. The van der Waals surface area contributed by atoms with Crippen LogP contribution in [0.15, 0.2) is 41.8 Å². The van der Waals surface area contributed by atoms with Crippen LogP contribution in [0, 0.1) is 5.92 Å². The van der Waals surface area contributed by atoms with Gasteiger partial charge in [-0.3, -0.25) is 14.3 Å². The normalized spacial score (nSPS) is 26.3. The van der Waals surface area contributed by atoms with Crippen molar-refractivity contribution in [1.82, 2.24) is 30.2 Å². The molecule has 0 unspecified atom stereocenters. The summed E-state index contributed by atoms with van der Waals surface area (Å²) in [4.78, 5) is 52.3. The van der Waals surface area contributed by atoms with E-state index in [9.17, 15) is 22.8 Å². The predicted octanol–water partition coefficient (Wildman–Crippen LogP) is 4.25. The number of allylic oxidation sites excluding steroid dienone is 1. The summed E-state index contributed by atoms with van der Waals surface area (Å²) in [6.45, 7) is 4.73. The summed E-state index contributed by atoms with van der Waals surface area (Å²) in [5.74, 6) is -0.221. The largest absolute Gasteiger partial charge is 0.497 e. The number of pyridine rings is 1. The third kappa shape index (κ3) is 6.89. The number of ether oxygens (including phenoxy) is 2. The number of benzene rings is 1. The van der Waals surface area contributed by atoms with Crippen molar-refractivity contribution in [3.8, 4) is 22.2 Å². The molecule has 0 radical (unpaired) electrons. The first-order valence-electron chi connectivity index (χ1n) is 17.2. The molecule has 2 aromatic heterocycles. The standard InChI is InChI=1S/C35H42N6O7S2/c1-20(2)28-19-49-32(38-28)27-16-30(25-12-9-22(47-3)14-26(25)37-27)48-23-15-29-31(42)39-35(33(43)40-50(45,46)24-10-11-24)17-21(35)8-6-4-5-7-13-36-34(44)41(29)18-23/h6,8-9,12,14,16,19-21,23-24,29H,4-5,7,10-11,13,15,17-18H2,1-3H3,(H,36,44)(H,39,42)(H,40,43)/b8-6-/t21-,23+,29-,35+/m0/s1. The Bertz CT molecular complexity index is 1960. The van der Waals surface area contributed by atoms with Gasteiger partial charge in [0, 0.05) is 41.8 Å². The van der Waals surface area contributed by atoms with E-state index in [1.54, 1.807) is 7.11 Å². The number of sulfonamides is 1. The molecule has 4 amide bonds. The summed E-state index contributed by atoms with van der Waals surface area (Å²) in [6, 6.07) is 5.99. The number of aromatic nitrogens is 2. The van der Waals surface area contributed by atoms with Gasteiger partial charge < -0.3 is 25.0 Å². The lowest BCUT2D eigenvalue weighted by molar-refractivity contribution is -0.131. The lowest BCUT2D eigenvalue weighted by atomic mass is 10.1. The van der Waals surface area contributed by atoms with Gasteiger partial charge in [-0.25, -0.2) is 23.2 Å². The van der Waals surface area contributed by atoms with Gasteiger partial charge in [0.1, 0.15) is 39.9 Å². The highest BCUT2D eigenvalue weighted by Gasteiger charge is 2.62. The van der Waals surface area contributed by atoms with Crippen LogP contribution in [0.4, 0.5) is 4.79 Å². The Kier molecular flexibility index (Phi) is 9.22. The molecule has 3 fully saturated rings. The second kappa shape index (κ2) is 13.5. The Morgan fingerprint density at radius 2 is 1.98 bits per heavy atom. The molecule has 3 N–H and O–H groups in total. The van der Waals surface area contributed by atoms with Crippen LogP contribution in [-0.4, -0.2) is 84.3 Å². The third-order valence-electron chi connectivity index (χ3n) is 9.84. The van der Waals surface area contributed by atoms with Gasteiger partial charge in [-0.1, -0.05) is 26.0 Å². The number of nitrogens with zero attached hydrogens (tertiary/aromatic N) is 3. The highest BCUT2D eigenvalue weighted by molar-refractivity contribution is 7.91. The summed E-state index contributed by atoms with van der Waals surface area (Å²) >= 11 is 1.50. The van der Waals surface area contributed by atoms with Crippen LogP contribution in [0.1, 0.15) is 70.4 Å². The summed E-state index contributed by atoms with van der Waals surface area (Å²) in [5, 5.41) is 8.73. The topological polar surface area (TPSA) is 169 Å². The number of carbonyl (C=O) groups is 3. The quantitative estimate of drug-likeness (QED) is 0.288. The highest BCUT2D eigenvalue weighted by Crippen LogP contribution is 2.46. The number of urea groups is 1. The number of amides is 4. The molecule has 2 saturated carbocycles. The highest BCUT2D eigenvalue weighted by atomic mass is 32.2. The second-order valence-electron chi connectivity index (χ2n) is 13.9. The Balaban J connectivity index is 1.18. The SMILES string of the molecule is COc1ccc2c(O[C@@H]3C[C@H]4C(=O)N[C@]5(C(=O)NS(=O)(=O)C6CC6)C[C@@H]5/C=C\CCCCNC(=O)N4C3)cc(-c3nc(C(C)C)cs3)nc2c1. The van der Waals surface area contributed by atoms with E-state index < -0.39 is 50.8 Å². The zero-order valence-corrected chi connectivity index (χ0v) is 29.9. The van der Waals surface area contributed by atoms with Crippen molar-refractivity contribution in [2.75, 3.05) is 20.2 Å². The molecule has 1 saturated heterocycles. The van der Waals surface area contributed by atoms with E-state index in [1.807, 2.05) is 41.8 Å². The molecule has 4 aliphatic rings. The van der Waals surface area contributed by atoms with Crippen molar-refractivity contribution in [2.24, 2.45) is 5.92 Å². The predicted molar refractivity (Wildman–Crippen MR) is 188 cm³/mol. The van der Waals surface area contributed by atoms with Gasteiger partial charge >= 0.3 is 6.03 Å². The van der Waals surface area contributed by atoms with Crippen LogP contribution in [0.3, 0.4) is 0 Å². The number of fused-ring (bicyclic) bond motifs is 3. The zero-order chi connectivity index (χ0) is 35.2. The Morgan fingerprint density at radius 3 is 2.72 bits per heavy atom. The molecule has 2 aliphatic heterocycles. The molecular weight excluding hydrogens is 681 g/mol. The fourth-order valence-electron chi connectivity index (χ4n) is 6.63. The van der Waals surface area contributed by atoms with E-state index in [2.05, 4.69) is 29.2 Å². The molecule has 4 atom stereocenters. The van der Waals surface area contributed by atoms with Crippen LogP contribution in [0.2, 0.25) is 0 Å². The van der Waals surface area contributed by atoms with Crippen molar-refractivity contribution in [3.63, 3.8) is 0 Å². The lowest BCUT2D eigenvalue weighted by Gasteiger charge is -2.26. The first-order chi connectivity index (χ1) is 24.0. The molecule has 13 nitrogen and oxygen atoms in total. The summed E-state index contributed by atoms with van der Waals surface area (Å²) in [6.07, 6.45) is 6.98. The van der Waals surface area contributed by atoms with Gasteiger partial charge in [-0.2, -0.15) is 0 Å². The van der Waals surface area contributed by atoms with Crippen molar-refractivity contribution in [3.05, 3.63) is 47.5 Å². The second-order valence-corrected chi connectivity index (χ2v) is 16.7. The van der Waals surface area contributed by atoms with E-state index in [4.69, 9.17) is 19.4 Å². The monoisotopic (exact) mass is 722 g/mol. The molecule has 15 heteroatoms. The Labute approximate surface area is 295 Å². The maximum atomic E-state index is 14.1. The summed E-state index contributed by atoms with van der Waals surface area (Å²) in [7, 11) is -2.24. The average molecular weight is 723 g/mol. The molecule has 266 valence electrons. The van der Waals surface area contributed by atoms with Gasteiger partial charge in [-0.05, 0) is 56.6 Å². The fourth-order valence-corrected chi connectivity index (χ4v) is 8.93. The van der Waals surface area contributed by atoms with Gasteiger partial charge in [0.25, 0.3) is 5.91 Å². The van der Waals surface area contributed by atoms with Crippen LogP contribution >= 0.6 is 11.3 Å². The van der Waals surface area contributed by atoms with Crippen molar-refractivity contribution >= 4 is 50.1 Å². The van der Waals surface area contributed by atoms with Crippen molar-refractivity contribution in [2.45, 2.75) is 87.6 Å². The first kappa shape index (κ1) is 34.2. The zero-order valence-electron chi connectivity index (χ0n) is 28.3. The summed E-state index contributed by atoms with van der Waals surface area (Å²) < 4.78 is 39.8. The van der Waals surface area contributed by atoms with E-state index in [0.29, 0.717) is 42.1 Å². The van der Waals surface area contributed by atoms with E-state index in [1.165, 1.54) is 16.2 Å². The average Bonchev–Trinajstić information content (AvgIpc) is 3.96. The van der Waals surface area contributed by atoms with Gasteiger partial charge in [-0.15, -0.1) is 11.3 Å². The molecule has 0 bridgehead atoms. The molecule has 2 aliphatic carbocycles. The molecule has 7 rings (SSSR count). The Hall–Kier alpha value is -4.24.